The summed E-state index contributed by atoms with van der Waals surface area (Å²) < 4.78 is 38.5. The maximum Gasteiger partial charge on any atom is 0.194 e. The highest BCUT2D eigenvalue weighted by Gasteiger charge is 2.21. The number of aliphatic imine (C=N–C) groups is 1. The Balaban J connectivity index is 1.97. The number of piperazine rings is 1. The molecule has 0 spiro atoms. The number of sulfone groups is 1. The zero-order valence-corrected chi connectivity index (χ0v) is 17.3. The van der Waals surface area contributed by atoms with E-state index in [1.807, 2.05) is 6.92 Å². The fraction of sp³-hybridized carbons (Fsp3) is 0.632. The Kier molecular flexibility index (Phi) is 8.04. The van der Waals surface area contributed by atoms with Crippen molar-refractivity contribution in [3.63, 3.8) is 0 Å². The third kappa shape index (κ3) is 6.46. The minimum absolute atomic E-state index is 0.102. The zero-order valence-electron chi connectivity index (χ0n) is 16.5. The Morgan fingerprint density at radius 2 is 1.89 bits per heavy atom. The summed E-state index contributed by atoms with van der Waals surface area (Å²) in [5, 5.41) is 3.23. The molecule has 27 heavy (non-hydrogen) atoms. The molecule has 1 saturated heterocycles. The molecule has 1 aliphatic heterocycles. The minimum Gasteiger partial charge on any atom is -0.357 e. The Hall–Kier alpha value is -1.67. The van der Waals surface area contributed by atoms with Gasteiger partial charge in [-0.15, -0.1) is 0 Å². The van der Waals surface area contributed by atoms with Crippen LogP contribution in [0.4, 0.5) is 4.39 Å². The second-order valence-electron chi connectivity index (χ2n) is 7.17. The monoisotopic (exact) mass is 398 g/mol. The van der Waals surface area contributed by atoms with Crippen molar-refractivity contribution >= 4 is 15.8 Å². The first-order chi connectivity index (χ1) is 12.8. The van der Waals surface area contributed by atoms with E-state index >= 15 is 0 Å². The lowest BCUT2D eigenvalue weighted by Crippen LogP contribution is -2.53. The lowest BCUT2D eigenvalue weighted by atomic mass is 10.2. The molecule has 8 heteroatoms. The Labute approximate surface area is 162 Å². The van der Waals surface area contributed by atoms with Crippen molar-refractivity contribution in [2.24, 2.45) is 10.9 Å². The van der Waals surface area contributed by atoms with Crippen LogP contribution in [0.3, 0.4) is 0 Å². The average molecular weight is 399 g/mol. The standard InChI is InChI=1S/C19H31FN4O2S/c1-4-21-19(24-12-10-23(11-13-24)15-16(2)3)22-9-14-27(25,26)18-8-6-5-7-17(18)20/h5-8,16H,4,9-15H2,1-3H3,(H,21,22). The van der Waals surface area contributed by atoms with E-state index in [0.29, 0.717) is 12.5 Å². The second-order valence-corrected chi connectivity index (χ2v) is 9.24. The molecule has 1 aliphatic rings. The molecule has 0 amide bonds. The van der Waals surface area contributed by atoms with Crippen molar-refractivity contribution in [2.75, 3.05) is 51.6 Å². The molecule has 1 heterocycles. The van der Waals surface area contributed by atoms with Gasteiger partial charge in [-0.1, -0.05) is 26.0 Å². The van der Waals surface area contributed by atoms with Crippen LogP contribution in [0, 0.1) is 11.7 Å². The number of hydrogen-bond donors (Lipinski definition) is 1. The van der Waals surface area contributed by atoms with Crippen molar-refractivity contribution in [2.45, 2.75) is 25.7 Å². The van der Waals surface area contributed by atoms with Gasteiger partial charge in [0.2, 0.25) is 0 Å². The Bertz CT molecular complexity index is 729. The van der Waals surface area contributed by atoms with E-state index < -0.39 is 15.7 Å². The number of guanidine groups is 1. The molecule has 0 aliphatic carbocycles. The molecule has 0 aromatic heterocycles. The van der Waals surface area contributed by atoms with E-state index in [9.17, 15) is 12.8 Å². The normalized spacial score (nSPS) is 16.8. The number of halogens is 1. The van der Waals surface area contributed by atoms with Crippen molar-refractivity contribution in [1.82, 2.24) is 15.1 Å². The van der Waals surface area contributed by atoms with Crippen molar-refractivity contribution in [3.05, 3.63) is 30.1 Å². The van der Waals surface area contributed by atoms with E-state index in [0.717, 1.165) is 44.7 Å². The highest BCUT2D eigenvalue weighted by Crippen LogP contribution is 2.15. The van der Waals surface area contributed by atoms with E-state index in [4.69, 9.17) is 0 Å². The van der Waals surface area contributed by atoms with Crippen LogP contribution in [0.1, 0.15) is 20.8 Å². The van der Waals surface area contributed by atoms with Gasteiger partial charge in [0.1, 0.15) is 10.7 Å². The number of benzene rings is 1. The molecule has 0 saturated carbocycles. The fourth-order valence-electron chi connectivity index (χ4n) is 3.16. The van der Waals surface area contributed by atoms with E-state index in [2.05, 4.69) is 34.0 Å². The third-order valence-electron chi connectivity index (χ3n) is 4.42. The summed E-state index contributed by atoms with van der Waals surface area (Å²) in [5.41, 5.74) is 0. The van der Waals surface area contributed by atoms with E-state index in [1.165, 1.54) is 18.2 Å². The van der Waals surface area contributed by atoms with E-state index in [1.54, 1.807) is 0 Å². The maximum atomic E-state index is 13.8. The van der Waals surface area contributed by atoms with Gasteiger partial charge in [0, 0.05) is 39.3 Å². The predicted octanol–water partition coefficient (Wildman–Crippen LogP) is 1.84. The SMILES string of the molecule is CCNC(=NCCS(=O)(=O)c1ccccc1F)N1CCN(CC(C)C)CC1. The molecule has 0 bridgehead atoms. The van der Waals surface area contributed by atoms with Gasteiger partial charge in [-0.05, 0) is 25.0 Å². The van der Waals surface area contributed by atoms with Crippen LogP contribution >= 0.6 is 0 Å². The van der Waals surface area contributed by atoms with Crippen LogP contribution in [0.5, 0.6) is 0 Å². The molecular formula is C19H31FN4O2S. The Morgan fingerprint density at radius 3 is 2.48 bits per heavy atom. The van der Waals surface area contributed by atoms with Crippen molar-refractivity contribution in [3.8, 4) is 0 Å². The van der Waals surface area contributed by atoms with Crippen LogP contribution in [0.15, 0.2) is 34.2 Å². The molecular weight excluding hydrogens is 367 g/mol. The first kappa shape index (κ1) is 21.6. The highest BCUT2D eigenvalue weighted by atomic mass is 32.2. The molecule has 0 unspecified atom stereocenters. The minimum atomic E-state index is -3.69. The maximum absolute atomic E-state index is 13.8. The fourth-order valence-corrected chi connectivity index (χ4v) is 4.37. The molecule has 6 nitrogen and oxygen atoms in total. The molecule has 0 radical (unpaired) electrons. The quantitative estimate of drug-likeness (QED) is 0.561. The van der Waals surface area contributed by atoms with Crippen LogP contribution in [-0.2, 0) is 9.84 Å². The van der Waals surface area contributed by atoms with Crippen LogP contribution in [0.2, 0.25) is 0 Å². The molecule has 1 aromatic carbocycles. The van der Waals surface area contributed by atoms with Gasteiger partial charge in [-0.3, -0.25) is 9.89 Å². The summed E-state index contributed by atoms with van der Waals surface area (Å²) in [4.78, 5) is 8.82. The topological polar surface area (TPSA) is 65.0 Å². The Morgan fingerprint density at radius 1 is 1.22 bits per heavy atom. The van der Waals surface area contributed by atoms with Crippen LogP contribution in [0.25, 0.3) is 0 Å². The van der Waals surface area contributed by atoms with Gasteiger partial charge >= 0.3 is 0 Å². The van der Waals surface area contributed by atoms with Gasteiger partial charge in [-0.2, -0.15) is 0 Å². The summed E-state index contributed by atoms with van der Waals surface area (Å²) >= 11 is 0. The highest BCUT2D eigenvalue weighted by molar-refractivity contribution is 7.91. The molecule has 2 rings (SSSR count). The van der Waals surface area contributed by atoms with E-state index in [-0.39, 0.29) is 17.2 Å². The third-order valence-corrected chi connectivity index (χ3v) is 6.14. The number of rotatable bonds is 7. The van der Waals surface area contributed by atoms with Crippen molar-refractivity contribution < 1.29 is 12.8 Å². The summed E-state index contributed by atoms with van der Waals surface area (Å²) in [7, 11) is -3.69. The molecule has 1 aromatic rings. The molecule has 152 valence electrons. The first-order valence-corrected chi connectivity index (χ1v) is 11.2. The van der Waals surface area contributed by atoms with Crippen LogP contribution in [-0.4, -0.2) is 75.7 Å². The summed E-state index contributed by atoms with van der Waals surface area (Å²) in [6.07, 6.45) is 0. The second kappa shape index (κ2) is 10.0. The van der Waals surface area contributed by atoms with Gasteiger partial charge in [0.15, 0.2) is 15.8 Å². The van der Waals surface area contributed by atoms with Gasteiger partial charge < -0.3 is 10.2 Å². The van der Waals surface area contributed by atoms with Gasteiger partial charge in [0.25, 0.3) is 0 Å². The van der Waals surface area contributed by atoms with Crippen LogP contribution < -0.4 is 5.32 Å². The van der Waals surface area contributed by atoms with Gasteiger partial charge in [-0.25, -0.2) is 12.8 Å². The number of hydrogen-bond acceptors (Lipinski definition) is 4. The average Bonchev–Trinajstić information content (AvgIpc) is 2.61. The first-order valence-electron chi connectivity index (χ1n) is 9.56. The van der Waals surface area contributed by atoms with Gasteiger partial charge in [0.05, 0.1) is 12.3 Å². The molecule has 1 fully saturated rings. The lowest BCUT2D eigenvalue weighted by Gasteiger charge is -2.37. The lowest BCUT2D eigenvalue weighted by molar-refractivity contribution is 0.164. The number of nitrogens with one attached hydrogen (secondary N) is 1. The molecule has 0 atom stereocenters. The van der Waals surface area contributed by atoms with Crippen molar-refractivity contribution in [1.29, 1.82) is 0 Å². The predicted molar refractivity (Wildman–Crippen MR) is 107 cm³/mol. The smallest absolute Gasteiger partial charge is 0.194 e. The summed E-state index contributed by atoms with van der Waals surface area (Å²) in [5.74, 6) is 0.443. The largest absolute Gasteiger partial charge is 0.357 e. The zero-order chi connectivity index (χ0) is 19.9. The molecule has 1 N–H and O–H groups in total. The summed E-state index contributed by atoms with van der Waals surface area (Å²) in [6, 6.07) is 5.47. The number of nitrogens with zero attached hydrogens (tertiary/aromatic N) is 3. The summed E-state index contributed by atoms with van der Waals surface area (Å²) in [6.45, 7) is 12.0.